The summed E-state index contributed by atoms with van der Waals surface area (Å²) in [5, 5.41) is 4.32. The second kappa shape index (κ2) is 23.0. The number of benzene rings is 11. The van der Waals surface area contributed by atoms with Gasteiger partial charge in [-0.15, -0.1) is 0 Å². The average molecular weight is 979 g/mol. The molecule has 2 nitrogen and oxygen atoms in total. The number of hydrogen-bond acceptors (Lipinski definition) is 1. The molecule has 76 heavy (non-hydrogen) atoms. The van der Waals surface area contributed by atoms with Crippen molar-refractivity contribution in [2.75, 3.05) is 5.32 Å². The molecule has 0 unspecified atom stereocenters. The van der Waals surface area contributed by atoms with E-state index in [0.29, 0.717) is 0 Å². The molecular formula is C74H62N2. The van der Waals surface area contributed by atoms with Gasteiger partial charge in [0.25, 0.3) is 0 Å². The molecule has 0 atom stereocenters. The molecule has 0 saturated carbocycles. The Labute approximate surface area is 449 Å². The number of hydrogen-bond donors (Lipinski definition) is 1. The maximum Gasteiger partial charge on any atom is 0.138 e. The van der Waals surface area contributed by atoms with Crippen LogP contribution in [-0.4, -0.2) is 5.84 Å². The SMILES string of the molecule is Cc1ccc(C(=Nc2c(C(c3ccccc3)c3ccccc3)cc(C)cc2C(c2ccccc2)c2ccccc2)Nc2c(C(c3ccccc3)c3ccccc3)cc(C)cc2C(c2ccccc2)c2ccccc2)cc1. The van der Waals surface area contributed by atoms with Gasteiger partial charge >= 0.3 is 0 Å². The third kappa shape index (κ3) is 10.8. The highest BCUT2D eigenvalue weighted by molar-refractivity contribution is 6.11. The van der Waals surface area contributed by atoms with E-state index in [1.807, 2.05) is 0 Å². The van der Waals surface area contributed by atoms with E-state index in [1.165, 1.54) is 72.3 Å². The third-order valence-corrected chi connectivity index (χ3v) is 14.8. The van der Waals surface area contributed by atoms with Gasteiger partial charge in [0.2, 0.25) is 0 Å². The summed E-state index contributed by atoms with van der Waals surface area (Å²) >= 11 is 0. The smallest absolute Gasteiger partial charge is 0.138 e. The molecule has 1 N–H and O–H groups in total. The van der Waals surface area contributed by atoms with Gasteiger partial charge in [0.05, 0.1) is 5.69 Å². The topological polar surface area (TPSA) is 24.4 Å². The Morgan fingerprint density at radius 3 is 0.776 bits per heavy atom. The second-order valence-electron chi connectivity index (χ2n) is 20.1. The largest absolute Gasteiger partial charge is 0.339 e. The highest BCUT2D eigenvalue weighted by Gasteiger charge is 2.31. The normalized spacial score (nSPS) is 11.6. The van der Waals surface area contributed by atoms with Crippen LogP contribution in [0.4, 0.5) is 11.4 Å². The van der Waals surface area contributed by atoms with Crippen molar-refractivity contribution in [3.8, 4) is 0 Å². The van der Waals surface area contributed by atoms with Crippen LogP contribution in [-0.2, 0) is 0 Å². The van der Waals surface area contributed by atoms with Crippen LogP contribution in [0.15, 0.2) is 296 Å². The molecule has 0 amide bonds. The Morgan fingerprint density at radius 2 is 0.513 bits per heavy atom. The summed E-state index contributed by atoms with van der Waals surface area (Å²) in [5.74, 6) is 0.232. The van der Waals surface area contributed by atoms with Crippen molar-refractivity contribution in [2.45, 2.75) is 44.4 Å². The van der Waals surface area contributed by atoms with Crippen molar-refractivity contribution in [3.63, 3.8) is 0 Å². The van der Waals surface area contributed by atoms with Crippen LogP contribution in [0.1, 0.15) is 113 Å². The minimum atomic E-state index is -0.141. The molecule has 0 bridgehead atoms. The zero-order valence-electron chi connectivity index (χ0n) is 43.5. The molecule has 2 heteroatoms. The van der Waals surface area contributed by atoms with Gasteiger partial charge in [-0.05, 0) is 87.5 Å². The van der Waals surface area contributed by atoms with Gasteiger partial charge in [0.1, 0.15) is 5.84 Å². The van der Waals surface area contributed by atoms with Gasteiger partial charge in [-0.2, -0.15) is 0 Å². The standard InChI is InChI=1S/C74H62N2/c1-52-44-46-63(47-45-52)74(75-72-64(68(55-28-12-4-13-29-55)56-30-14-5-15-31-56)48-53(2)49-65(72)69(57-32-16-6-17-33-57)58-34-18-7-19-35-58)76-73-66(70(59-36-20-8-21-37-59)60-38-22-9-23-39-60)50-54(3)51-67(73)71(61-40-24-10-25-41-61)62-42-26-11-27-43-62/h4-51,68-71H,1-3H3,(H,75,76). The molecule has 0 aliphatic carbocycles. The predicted molar refractivity (Wildman–Crippen MR) is 319 cm³/mol. The van der Waals surface area contributed by atoms with Gasteiger partial charge in [0, 0.05) is 34.9 Å². The molecule has 11 aromatic rings. The third-order valence-electron chi connectivity index (χ3n) is 14.8. The van der Waals surface area contributed by atoms with Gasteiger partial charge in [-0.3, -0.25) is 0 Å². The lowest BCUT2D eigenvalue weighted by atomic mass is 9.78. The van der Waals surface area contributed by atoms with Crippen molar-refractivity contribution in [1.82, 2.24) is 0 Å². The first-order chi connectivity index (χ1) is 37.5. The van der Waals surface area contributed by atoms with Crippen LogP contribution in [0.2, 0.25) is 0 Å². The monoisotopic (exact) mass is 978 g/mol. The molecule has 368 valence electrons. The number of nitrogens with zero attached hydrogens (tertiary/aromatic N) is 1. The molecular weight excluding hydrogens is 917 g/mol. The summed E-state index contributed by atoms with van der Waals surface area (Å²) in [5.41, 5.74) is 20.8. The number of rotatable bonds is 15. The Balaban J connectivity index is 1.27. The molecule has 0 heterocycles. The van der Waals surface area contributed by atoms with E-state index in [9.17, 15) is 0 Å². The molecule has 0 aliphatic rings. The maximum atomic E-state index is 6.26. The van der Waals surface area contributed by atoms with E-state index in [2.05, 4.69) is 317 Å². The van der Waals surface area contributed by atoms with E-state index in [0.717, 1.165) is 33.9 Å². The number of amidine groups is 1. The van der Waals surface area contributed by atoms with Crippen molar-refractivity contribution < 1.29 is 0 Å². The predicted octanol–water partition coefficient (Wildman–Crippen LogP) is 18.5. The summed E-state index contributed by atoms with van der Waals surface area (Å²) in [4.78, 5) is 6.26. The summed E-state index contributed by atoms with van der Waals surface area (Å²) < 4.78 is 0. The van der Waals surface area contributed by atoms with E-state index < -0.39 is 0 Å². The summed E-state index contributed by atoms with van der Waals surface area (Å²) in [6, 6.07) is 106. The fourth-order valence-electron chi connectivity index (χ4n) is 11.3. The second-order valence-corrected chi connectivity index (χ2v) is 20.1. The number of nitrogens with one attached hydrogen (secondary N) is 1. The molecule has 11 aromatic carbocycles. The van der Waals surface area contributed by atoms with E-state index >= 15 is 0 Å². The summed E-state index contributed by atoms with van der Waals surface area (Å²) in [7, 11) is 0. The highest BCUT2D eigenvalue weighted by Crippen LogP contribution is 2.48. The van der Waals surface area contributed by atoms with E-state index in [1.54, 1.807) is 0 Å². The molecule has 0 spiro atoms. The van der Waals surface area contributed by atoms with Gasteiger partial charge in [-0.1, -0.05) is 308 Å². The molecule has 0 radical (unpaired) electrons. The van der Waals surface area contributed by atoms with Crippen LogP contribution in [0.25, 0.3) is 0 Å². The molecule has 11 rings (SSSR count). The first-order valence-electron chi connectivity index (χ1n) is 26.6. The number of anilines is 1. The number of aryl methyl sites for hydroxylation is 3. The van der Waals surface area contributed by atoms with Crippen molar-refractivity contribution in [3.05, 3.63) is 380 Å². The molecule has 0 aromatic heterocycles. The zero-order chi connectivity index (χ0) is 51.6. The fourth-order valence-corrected chi connectivity index (χ4v) is 11.3. The Kier molecular flexibility index (Phi) is 14.8. The minimum absolute atomic E-state index is 0.124. The van der Waals surface area contributed by atoms with Gasteiger partial charge in [-0.25, -0.2) is 4.99 Å². The Morgan fingerprint density at radius 1 is 0.276 bits per heavy atom. The lowest BCUT2D eigenvalue weighted by Crippen LogP contribution is -2.20. The summed E-state index contributed by atoms with van der Waals surface area (Å²) in [6.07, 6.45) is 0. The number of aliphatic imine (C=N–C) groups is 1. The van der Waals surface area contributed by atoms with Gasteiger partial charge in [0.15, 0.2) is 0 Å². The van der Waals surface area contributed by atoms with Crippen LogP contribution in [0, 0.1) is 20.8 Å². The Bertz CT molecular complexity index is 3290. The fraction of sp³-hybridized carbons (Fsp3) is 0.0946. The molecule has 0 fully saturated rings. The van der Waals surface area contributed by atoms with Crippen LogP contribution >= 0.6 is 0 Å². The van der Waals surface area contributed by atoms with Crippen molar-refractivity contribution >= 4 is 17.2 Å². The van der Waals surface area contributed by atoms with Crippen LogP contribution < -0.4 is 5.32 Å². The van der Waals surface area contributed by atoms with Crippen LogP contribution in [0.3, 0.4) is 0 Å². The first kappa shape index (κ1) is 49.1. The minimum Gasteiger partial charge on any atom is -0.339 e. The average Bonchev–Trinajstić information content (AvgIpc) is 3.48. The van der Waals surface area contributed by atoms with Crippen molar-refractivity contribution in [1.29, 1.82) is 0 Å². The van der Waals surface area contributed by atoms with Crippen molar-refractivity contribution in [2.24, 2.45) is 4.99 Å². The first-order valence-corrected chi connectivity index (χ1v) is 26.6. The lowest BCUT2D eigenvalue weighted by molar-refractivity contribution is 0.933. The summed E-state index contributed by atoms with van der Waals surface area (Å²) in [6.45, 7) is 6.64. The highest BCUT2D eigenvalue weighted by atomic mass is 15.0. The zero-order valence-corrected chi connectivity index (χ0v) is 43.5. The van der Waals surface area contributed by atoms with E-state index in [-0.39, 0.29) is 23.7 Å². The molecule has 0 saturated heterocycles. The Hall–Kier alpha value is -9.11. The molecule has 0 aliphatic heterocycles. The lowest BCUT2D eigenvalue weighted by Gasteiger charge is -2.30. The quantitative estimate of drug-likeness (QED) is 0.0618. The van der Waals surface area contributed by atoms with E-state index in [4.69, 9.17) is 4.99 Å². The van der Waals surface area contributed by atoms with Crippen LogP contribution in [0.5, 0.6) is 0 Å². The maximum absolute atomic E-state index is 6.26. The van der Waals surface area contributed by atoms with Gasteiger partial charge < -0.3 is 5.32 Å².